The molecule has 1 aromatic heterocycles. The maximum absolute atomic E-state index is 14.2. The van der Waals surface area contributed by atoms with Gasteiger partial charge in [0.15, 0.2) is 5.82 Å². The van der Waals surface area contributed by atoms with Gasteiger partial charge in [-0.05, 0) is 19.1 Å². The monoisotopic (exact) mass is 371 g/mol. The van der Waals surface area contributed by atoms with Crippen molar-refractivity contribution < 1.29 is 13.7 Å². The van der Waals surface area contributed by atoms with Gasteiger partial charge in [-0.15, -0.1) is 0 Å². The fourth-order valence-electron chi connectivity index (χ4n) is 3.03. The predicted octanol–water partition coefficient (Wildman–Crippen LogP) is 4.36. The highest BCUT2D eigenvalue weighted by molar-refractivity contribution is 6.31. The molecule has 7 heteroatoms. The largest absolute Gasteiger partial charge is 0.339 e. The Kier molecular flexibility index (Phi) is 4.20. The van der Waals surface area contributed by atoms with Crippen LogP contribution in [-0.2, 0) is 4.79 Å². The first kappa shape index (κ1) is 16.7. The van der Waals surface area contributed by atoms with Crippen LogP contribution in [0, 0.1) is 12.7 Å². The molecule has 26 heavy (non-hydrogen) atoms. The topological polar surface area (TPSA) is 59.2 Å². The van der Waals surface area contributed by atoms with Gasteiger partial charge in [0.25, 0.3) is 0 Å². The number of hydrogen-bond donors (Lipinski definition) is 0. The molecule has 1 fully saturated rings. The van der Waals surface area contributed by atoms with Gasteiger partial charge in [0, 0.05) is 18.5 Å². The molecule has 1 saturated heterocycles. The van der Waals surface area contributed by atoms with Crippen LogP contribution in [-0.4, -0.2) is 22.6 Å². The number of halogens is 2. The number of hydrogen-bond acceptors (Lipinski definition) is 4. The van der Waals surface area contributed by atoms with E-state index in [4.69, 9.17) is 16.1 Å². The lowest BCUT2D eigenvalue weighted by Crippen LogP contribution is -2.25. The predicted molar refractivity (Wildman–Crippen MR) is 95.6 cm³/mol. The molecule has 0 spiro atoms. The van der Waals surface area contributed by atoms with Crippen LogP contribution in [0.25, 0.3) is 11.4 Å². The lowest BCUT2D eigenvalue weighted by molar-refractivity contribution is -0.117. The summed E-state index contributed by atoms with van der Waals surface area (Å²) < 4.78 is 19.6. The van der Waals surface area contributed by atoms with Crippen molar-refractivity contribution in [2.75, 3.05) is 11.4 Å². The Bertz CT molecular complexity index is 971. The molecular weight excluding hydrogens is 357 g/mol. The lowest BCUT2D eigenvalue weighted by Gasteiger charge is -2.17. The molecule has 0 bridgehead atoms. The SMILES string of the molecule is Cc1ccc(-c2noc(C3CC(=O)N(c4cccc(Cl)c4F)C3)n2)cc1. The number of carbonyl (C=O) groups is 1. The van der Waals surface area contributed by atoms with Crippen molar-refractivity contribution in [3.63, 3.8) is 0 Å². The first-order chi connectivity index (χ1) is 12.5. The number of anilines is 1. The summed E-state index contributed by atoms with van der Waals surface area (Å²) in [6.45, 7) is 2.27. The van der Waals surface area contributed by atoms with Crippen LogP contribution in [0.4, 0.5) is 10.1 Å². The van der Waals surface area contributed by atoms with E-state index in [1.165, 1.54) is 17.0 Å². The molecule has 2 heterocycles. The Morgan fingerprint density at radius 1 is 1.23 bits per heavy atom. The lowest BCUT2D eigenvalue weighted by atomic mass is 10.1. The van der Waals surface area contributed by atoms with Crippen LogP contribution >= 0.6 is 11.6 Å². The summed E-state index contributed by atoms with van der Waals surface area (Å²) in [6, 6.07) is 12.4. The van der Waals surface area contributed by atoms with Gasteiger partial charge in [0.2, 0.25) is 17.6 Å². The van der Waals surface area contributed by atoms with E-state index in [1.807, 2.05) is 31.2 Å². The third-order valence-corrected chi connectivity index (χ3v) is 4.74. The van der Waals surface area contributed by atoms with Crippen molar-refractivity contribution in [3.8, 4) is 11.4 Å². The third-order valence-electron chi connectivity index (χ3n) is 4.45. The summed E-state index contributed by atoms with van der Waals surface area (Å²) in [5.74, 6) is -0.244. The Morgan fingerprint density at radius 3 is 2.77 bits per heavy atom. The van der Waals surface area contributed by atoms with Gasteiger partial charge < -0.3 is 9.42 Å². The minimum absolute atomic E-state index is 0.0156. The molecule has 4 rings (SSSR count). The highest BCUT2D eigenvalue weighted by Gasteiger charge is 2.36. The van der Waals surface area contributed by atoms with E-state index in [0.29, 0.717) is 11.7 Å². The van der Waals surface area contributed by atoms with Gasteiger partial charge >= 0.3 is 0 Å². The first-order valence-corrected chi connectivity index (χ1v) is 8.56. The summed E-state index contributed by atoms with van der Waals surface area (Å²) >= 11 is 5.82. The smallest absolute Gasteiger partial charge is 0.232 e. The standard InChI is InChI=1S/C19H15ClFN3O2/c1-11-5-7-12(8-6-11)18-22-19(26-23-18)13-9-16(25)24(10-13)15-4-2-3-14(20)17(15)21/h2-8,13H,9-10H2,1H3. The molecule has 0 N–H and O–H groups in total. The second kappa shape index (κ2) is 6.53. The number of aromatic nitrogens is 2. The second-order valence-corrected chi connectivity index (χ2v) is 6.71. The summed E-state index contributed by atoms with van der Waals surface area (Å²) in [4.78, 5) is 18.2. The molecule has 2 aromatic carbocycles. The molecule has 1 aliphatic heterocycles. The molecule has 5 nitrogen and oxygen atoms in total. The molecule has 132 valence electrons. The molecule has 1 atom stereocenters. The Labute approximate surface area is 154 Å². The van der Waals surface area contributed by atoms with Crippen LogP contribution in [0.15, 0.2) is 47.0 Å². The minimum Gasteiger partial charge on any atom is -0.339 e. The molecule has 1 amide bonds. The van der Waals surface area contributed by atoms with E-state index in [0.717, 1.165) is 11.1 Å². The van der Waals surface area contributed by atoms with Crippen molar-refractivity contribution in [1.82, 2.24) is 10.1 Å². The maximum atomic E-state index is 14.2. The van der Waals surface area contributed by atoms with Crippen molar-refractivity contribution in [1.29, 1.82) is 0 Å². The number of rotatable bonds is 3. The highest BCUT2D eigenvalue weighted by Crippen LogP contribution is 2.34. The number of carbonyl (C=O) groups excluding carboxylic acids is 1. The van der Waals surface area contributed by atoms with Crippen LogP contribution in [0.1, 0.15) is 23.8 Å². The van der Waals surface area contributed by atoms with E-state index < -0.39 is 5.82 Å². The van der Waals surface area contributed by atoms with E-state index in [-0.39, 0.29) is 35.5 Å². The van der Waals surface area contributed by atoms with Gasteiger partial charge in [0.1, 0.15) is 0 Å². The fourth-order valence-corrected chi connectivity index (χ4v) is 3.20. The van der Waals surface area contributed by atoms with E-state index >= 15 is 0 Å². The minimum atomic E-state index is -0.603. The highest BCUT2D eigenvalue weighted by atomic mass is 35.5. The first-order valence-electron chi connectivity index (χ1n) is 8.18. The zero-order valence-electron chi connectivity index (χ0n) is 13.9. The molecule has 1 aliphatic rings. The molecule has 0 aliphatic carbocycles. The third kappa shape index (κ3) is 2.97. The number of aryl methyl sites for hydroxylation is 1. The van der Waals surface area contributed by atoms with E-state index in [1.54, 1.807) is 6.07 Å². The van der Waals surface area contributed by atoms with Crippen molar-refractivity contribution >= 4 is 23.2 Å². The number of amides is 1. The molecule has 0 saturated carbocycles. The fraction of sp³-hybridized carbons (Fsp3) is 0.211. The van der Waals surface area contributed by atoms with Gasteiger partial charge in [-0.2, -0.15) is 4.98 Å². The molecular formula is C19H15ClFN3O2. The number of nitrogens with zero attached hydrogens (tertiary/aromatic N) is 3. The van der Waals surface area contributed by atoms with Crippen LogP contribution < -0.4 is 4.90 Å². The summed E-state index contributed by atoms with van der Waals surface area (Å²) in [7, 11) is 0. The molecule has 3 aromatic rings. The van der Waals surface area contributed by atoms with Gasteiger partial charge in [-0.3, -0.25) is 4.79 Å². The summed E-state index contributed by atoms with van der Waals surface area (Å²) in [5.41, 5.74) is 2.15. The zero-order valence-corrected chi connectivity index (χ0v) is 14.7. The van der Waals surface area contributed by atoms with E-state index in [9.17, 15) is 9.18 Å². The summed E-state index contributed by atoms with van der Waals surface area (Å²) in [6.07, 6.45) is 0.182. The van der Waals surface area contributed by atoms with Crippen molar-refractivity contribution in [3.05, 3.63) is 64.8 Å². The quantitative estimate of drug-likeness (QED) is 0.686. The van der Waals surface area contributed by atoms with Crippen LogP contribution in [0.2, 0.25) is 5.02 Å². The Balaban J connectivity index is 1.58. The van der Waals surface area contributed by atoms with Gasteiger partial charge in [-0.1, -0.05) is 52.7 Å². The molecule has 1 unspecified atom stereocenters. The van der Waals surface area contributed by atoms with Crippen molar-refractivity contribution in [2.24, 2.45) is 0 Å². The van der Waals surface area contributed by atoms with Gasteiger partial charge in [-0.25, -0.2) is 4.39 Å². The van der Waals surface area contributed by atoms with Crippen LogP contribution in [0.3, 0.4) is 0 Å². The Morgan fingerprint density at radius 2 is 2.00 bits per heavy atom. The van der Waals surface area contributed by atoms with Gasteiger partial charge in [0.05, 0.1) is 16.6 Å². The van der Waals surface area contributed by atoms with Crippen LogP contribution in [0.5, 0.6) is 0 Å². The Hall–Kier alpha value is -2.73. The maximum Gasteiger partial charge on any atom is 0.232 e. The van der Waals surface area contributed by atoms with Crippen molar-refractivity contribution in [2.45, 2.75) is 19.3 Å². The average Bonchev–Trinajstić information content (AvgIpc) is 3.25. The average molecular weight is 372 g/mol. The normalized spacial score (nSPS) is 17.1. The number of benzene rings is 2. The zero-order chi connectivity index (χ0) is 18.3. The second-order valence-electron chi connectivity index (χ2n) is 6.30. The summed E-state index contributed by atoms with van der Waals surface area (Å²) in [5, 5.41) is 3.99. The molecule has 0 radical (unpaired) electrons. The van der Waals surface area contributed by atoms with E-state index in [2.05, 4.69) is 10.1 Å².